The lowest BCUT2D eigenvalue weighted by Gasteiger charge is -2.30. The largest absolute Gasteiger partial charge is 0.300 e. The van der Waals surface area contributed by atoms with Gasteiger partial charge in [-0.2, -0.15) is 0 Å². The number of nitrogens with zero attached hydrogens (tertiary/aromatic N) is 1. The molecule has 0 aromatic heterocycles. The molecule has 1 aromatic rings. The van der Waals surface area contributed by atoms with Crippen molar-refractivity contribution in [1.82, 2.24) is 4.90 Å². The molecule has 2 heteroatoms. The van der Waals surface area contributed by atoms with Crippen molar-refractivity contribution < 1.29 is 0 Å². The van der Waals surface area contributed by atoms with Crippen LogP contribution in [0.15, 0.2) is 30.3 Å². The van der Waals surface area contributed by atoms with E-state index in [9.17, 15) is 0 Å². The zero-order chi connectivity index (χ0) is 16.8. The second kappa shape index (κ2) is 9.06. The van der Waals surface area contributed by atoms with Gasteiger partial charge in [-0.25, -0.2) is 0 Å². The molecule has 0 amide bonds. The molecule has 2 saturated carbocycles. The molecule has 0 saturated heterocycles. The number of hydrogen-bond acceptors (Lipinski definition) is 1. The lowest BCUT2D eigenvalue weighted by atomic mass is 9.83. The average molecular weight is 346 g/mol. The van der Waals surface area contributed by atoms with E-state index in [1.807, 2.05) is 0 Å². The number of benzene rings is 1. The Balaban J connectivity index is 1.50. The van der Waals surface area contributed by atoms with Gasteiger partial charge in [-0.15, -0.1) is 11.6 Å². The van der Waals surface area contributed by atoms with Crippen LogP contribution in [0.2, 0.25) is 0 Å². The van der Waals surface area contributed by atoms with Crippen molar-refractivity contribution in [3.05, 3.63) is 41.5 Å². The van der Waals surface area contributed by atoms with Gasteiger partial charge in [-0.05, 0) is 56.2 Å². The maximum atomic E-state index is 6.34. The summed E-state index contributed by atoms with van der Waals surface area (Å²) in [5.41, 5.74) is 2.78. The molecule has 0 N–H and O–H groups in total. The topological polar surface area (TPSA) is 3.24 Å². The van der Waals surface area contributed by atoms with Gasteiger partial charge in [-0.3, -0.25) is 4.90 Å². The zero-order valence-electron chi connectivity index (χ0n) is 15.1. The van der Waals surface area contributed by atoms with Gasteiger partial charge in [0, 0.05) is 18.0 Å². The summed E-state index contributed by atoms with van der Waals surface area (Å²) in [6, 6.07) is 9.95. The third kappa shape index (κ3) is 5.10. The summed E-state index contributed by atoms with van der Waals surface area (Å²) in [6.07, 6.45) is 16.5. The summed E-state index contributed by atoms with van der Waals surface area (Å²) in [5, 5.41) is 0.374. The molecule has 3 rings (SSSR count). The molecule has 0 aliphatic heterocycles. The second-order valence-electron chi connectivity index (χ2n) is 7.76. The van der Waals surface area contributed by atoms with Crippen molar-refractivity contribution >= 4 is 17.7 Å². The van der Waals surface area contributed by atoms with Gasteiger partial charge in [0.05, 0.1) is 0 Å². The van der Waals surface area contributed by atoms with E-state index in [0.29, 0.717) is 11.3 Å². The van der Waals surface area contributed by atoms with E-state index in [1.54, 1.807) is 0 Å². The van der Waals surface area contributed by atoms with Crippen molar-refractivity contribution in [2.75, 3.05) is 13.6 Å². The van der Waals surface area contributed by atoms with Crippen molar-refractivity contribution in [1.29, 1.82) is 0 Å². The first-order chi connectivity index (χ1) is 11.7. The summed E-state index contributed by atoms with van der Waals surface area (Å²) in [5.74, 6) is 0.664. The summed E-state index contributed by atoms with van der Waals surface area (Å²) in [7, 11) is 2.27. The Kier molecular flexibility index (Phi) is 6.80. The summed E-state index contributed by atoms with van der Waals surface area (Å²) in [4.78, 5) is 2.52. The maximum absolute atomic E-state index is 6.34. The van der Waals surface area contributed by atoms with Crippen LogP contribution < -0.4 is 0 Å². The van der Waals surface area contributed by atoms with Gasteiger partial charge in [0.1, 0.15) is 0 Å². The van der Waals surface area contributed by atoms with Crippen LogP contribution in [-0.2, 0) is 0 Å². The molecule has 2 atom stereocenters. The lowest BCUT2D eigenvalue weighted by Crippen LogP contribution is -2.33. The molecule has 132 valence electrons. The highest BCUT2D eigenvalue weighted by atomic mass is 35.5. The fourth-order valence-electron chi connectivity index (χ4n) is 4.34. The van der Waals surface area contributed by atoms with E-state index in [4.69, 9.17) is 11.6 Å². The normalized spacial score (nSPS) is 26.3. The molecule has 2 fully saturated rings. The van der Waals surface area contributed by atoms with E-state index in [2.05, 4.69) is 48.4 Å². The van der Waals surface area contributed by atoms with E-state index in [1.165, 1.54) is 62.5 Å². The average Bonchev–Trinajstić information content (AvgIpc) is 2.63. The van der Waals surface area contributed by atoms with E-state index in [-0.39, 0.29) is 0 Å². The van der Waals surface area contributed by atoms with Crippen molar-refractivity contribution in [2.45, 2.75) is 75.1 Å². The number of hydrogen-bond donors (Lipinski definition) is 0. The first kappa shape index (κ1) is 18.0. The van der Waals surface area contributed by atoms with Crippen molar-refractivity contribution in [2.24, 2.45) is 0 Å². The van der Waals surface area contributed by atoms with E-state index in [0.717, 1.165) is 19.0 Å². The van der Waals surface area contributed by atoms with Crippen LogP contribution in [0.1, 0.15) is 74.8 Å². The predicted molar refractivity (Wildman–Crippen MR) is 106 cm³/mol. The van der Waals surface area contributed by atoms with Crippen LogP contribution in [0.5, 0.6) is 0 Å². The summed E-state index contributed by atoms with van der Waals surface area (Å²) < 4.78 is 0. The molecule has 1 aromatic carbocycles. The Morgan fingerprint density at radius 3 is 2.46 bits per heavy atom. The van der Waals surface area contributed by atoms with Crippen LogP contribution in [0.25, 0.3) is 6.08 Å². The molecule has 0 spiro atoms. The number of likely N-dealkylation sites (N-methyl/N-ethyl adjacent to an activating group) is 1. The Morgan fingerprint density at radius 2 is 1.75 bits per heavy atom. The molecular formula is C22H32ClN. The van der Waals surface area contributed by atoms with Crippen LogP contribution in [0.4, 0.5) is 0 Å². The number of halogens is 1. The van der Waals surface area contributed by atoms with Crippen LogP contribution >= 0.6 is 11.6 Å². The smallest absolute Gasteiger partial charge is 0.0341 e. The van der Waals surface area contributed by atoms with Gasteiger partial charge < -0.3 is 0 Å². The first-order valence-electron chi connectivity index (χ1n) is 9.83. The minimum atomic E-state index is 0.374. The monoisotopic (exact) mass is 345 g/mol. The van der Waals surface area contributed by atoms with Crippen molar-refractivity contribution in [3.8, 4) is 0 Å². The minimum absolute atomic E-state index is 0.374. The fourth-order valence-corrected chi connectivity index (χ4v) is 4.71. The lowest BCUT2D eigenvalue weighted by molar-refractivity contribution is 0.209. The van der Waals surface area contributed by atoms with Gasteiger partial charge in [-0.1, -0.05) is 62.1 Å². The Morgan fingerprint density at radius 1 is 1.00 bits per heavy atom. The second-order valence-corrected chi connectivity index (χ2v) is 8.38. The van der Waals surface area contributed by atoms with Gasteiger partial charge >= 0.3 is 0 Å². The highest BCUT2D eigenvalue weighted by Crippen LogP contribution is 2.35. The van der Waals surface area contributed by atoms with Gasteiger partial charge in [0.15, 0.2) is 0 Å². The van der Waals surface area contributed by atoms with Crippen LogP contribution in [-0.4, -0.2) is 29.9 Å². The zero-order valence-corrected chi connectivity index (χ0v) is 15.8. The Hall–Kier alpha value is -0.790. The SMILES string of the molecule is CN(CC=Cc1ccc(C2CCCC(Cl)C2)cc1)C1CCCCC1. The molecule has 24 heavy (non-hydrogen) atoms. The predicted octanol–water partition coefficient (Wildman–Crippen LogP) is 6.23. The Bertz CT molecular complexity index is 515. The molecule has 2 unspecified atom stereocenters. The molecule has 1 nitrogen and oxygen atoms in total. The molecule has 0 heterocycles. The standard InChI is InChI=1S/C22H32ClN/c1-24(22-10-3-2-4-11-22)16-6-7-18-12-14-19(15-13-18)20-8-5-9-21(23)17-20/h6-7,12-15,20-22H,2-5,8-11,16-17H2,1H3. The molecular weight excluding hydrogens is 314 g/mol. The highest BCUT2D eigenvalue weighted by Gasteiger charge is 2.21. The molecule has 2 aliphatic rings. The highest BCUT2D eigenvalue weighted by molar-refractivity contribution is 6.20. The van der Waals surface area contributed by atoms with Crippen LogP contribution in [0, 0.1) is 0 Å². The number of rotatable bonds is 5. The van der Waals surface area contributed by atoms with E-state index >= 15 is 0 Å². The Labute approximate surface area is 153 Å². The third-order valence-electron chi connectivity index (χ3n) is 5.92. The molecule has 0 radical (unpaired) electrons. The minimum Gasteiger partial charge on any atom is -0.300 e. The van der Waals surface area contributed by atoms with Gasteiger partial charge in [0.25, 0.3) is 0 Å². The summed E-state index contributed by atoms with van der Waals surface area (Å²) >= 11 is 6.34. The van der Waals surface area contributed by atoms with Gasteiger partial charge in [0.2, 0.25) is 0 Å². The molecule has 2 aliphatic carbocycles. The van der Waals surface area contributed by atoms with Crippen LogP contribution in [0.3, 0.4) is 0 Å². The van der Waals surface area contributed by atoms with Crippen molar-refractivity contribution in [3.63, 3.8) is 0 Å². The molecule has 0 bridgehead atoms. The first-order valence-corrected chi connectivity index (χ1v) is 10.3. The fraction of sp³-hybridized carbons (Fsp3) is 0.636. The number of alkyl halides is 1. The summed E-state index contributed by atoms with van der Waals surface area (Å²) in [6.45, 7) is 1.06. The third-order valence-corrected chi connectivity index (χ3v) is 6.32. The quantitative estimate of drug-likeness (QED) is 0.572. The van der Waals surface area contributed by atoms with E-state index < -0.39 is 0 Å². The maximum Gasteiger partial charge on any atom is 0.0341 e.